The number of non-ortho nitro benzene ring substituents is 1. The summed E-state index contributed by atoms with van der Waals surface area (Å²) >= 11 is 0. The van der Waals surface area contributed by atoms with E-state index in [4.69, 9.17) is 4.74 Å². The van der Waals surface area contributed by atoms with E-state index in [2.05, 4.69) is 10.9 Å². The molecule has 3 amide bonds. The van der Waals surface area contributed by atoms with Crippen molar-refractivity contribution in [2.45, 2.75) is 13.3 Å². The summed E-state index contributed by atoms with van der Waals surface area (Å²) in [6.45, 7) is 2.58. The fraction of sp³-hybridized carbons (Fsp3) is 0.250. The standard InChI is InChI=1S/C20H20N4O6/c1-2-30-17-8-6-15(7-9-17)23-12-14(11-18(23)25)20(27)22-21-19(26)13-4-3-5-16(10-13)24(28)29/h3-10,14H,2,11-12H2,1H3,(H,21,26)(H,22,27)/t14-/m0/s1. The number of nitro groups is 1. The van der Waals surface area contributed by atoms with E-state index in [0.717, 1.165) is 6.07 Å². The maximum Gasteiger partial charge on any atom is 0.270 e. The molecule has 0 bridgehead atoms. The van der Waals surface area contributed by atoms with Crippen molar-refractivity contribution in [3.05, 3.63) is 64.2 Å². The van der Waals surface area contributed by atoms with Gasteiger partial charge in [0.25, 0.3) is 11.6 Å². The molecule has 0 aromatic heterocycles. The maximum absolute atomic E-state index is 12.4. The molecule has 156 valence electrons. The first kappa shape index (κ1) is 20.8. The molecular weight excluding hydrogens is 392 g/mol. The molecule has 1 fully saturated rings. The summed E-state index contributed by atoms with van der Waals surface area (Å²) in [6, 6.07) is 12.1. The zero-order valence-electron chi connectivity index (χ0n) is 16.2. The van der Waals surface area contributed by atoms with Gasteiger partial charge in [-0.15, -0.1) is 0 Å². The van der Waals surface area contributed by atoms with Gasteiger partial charge in [-0.1, -0.05) is 6.07 Å². The summed E-state index contributed by atoms with van der Waals surface area (Å²) < 4.78 is 5.38. The van der Waals surface area contributed by atoms with Crippen molar-refractivity contribution in [1.29, 1.82) is 0 Å². The summed E-state index contributed by atoms with van der Waals surface area (Å²) in [4.78, 5) is 48.5. The number of rotatable bonds is 6. The number of hydrogen-bond acceptors (Lipinski definition) is 6. The highest BCUT2D eigenvalue weighted by molar-refractivity contribution is 6.01. The molecule has 0 spiro atoms. The van der Waals surface area contributed by atoms with E-state index < -0.39 is 22.7 Å². The Morgan fingerprint density at radius 2 is 1.93 bits per heavy atom. The van der Waals surface area contributed by atoms with Gasteiger partial charge in [0.1, 0.15) is 5.75 Å². The zero-order valence-corrected chi connectivity index (χ0v) is 16.2. The van der Waals surface area contributed by atoms with Crippen molar-refractivity contribution in [2.75, 3.05) is 18.1 Å². The first-order valence-electron chi connectivity index (χ1n) is 9.27. The van der Waals surface area contributed by atoms with E-state index in [1.165, 1.54) is 23.1 Å². The van der Waals surface area contributed by atoms with Crippen LogP contribution in [0.5, 0.6) is 5.75 Å². The van der Waals surface area contributed by atoms with Gasteiger partial charge in [0.2, 0.25) is 11.8 Å². The lowest BCUT2D eigenvalue weighted by molar-refractivity contribution is -0.384. The molecule has 10 nitrogen and oxygen atoms in total. The van der Waals surface area contributed by atoms with E-state index in [1.807, 2.05) is 6.92 Å². The summed E-state index contributed by atoms with van der Waals surface area (Å²) in [7, 11) is 0. The molecule has 1 aliphatic rings. The molecule has 1 aliphatic heterocycles. The van der Waals surface area contributed by atoms with Crippen molar-refractivity contribution < 1.29 is 24.0 Å². The minimum atomic E-state index is -0.695. The smallest absolute Gasteiger partial charge is 0.270 e. The molecule has 10 heteroatoms. The molecule has 0 radical (unpaired) electrons. The van der Waals surface area contributed by atoms with Crippen molar-refractivity contribution in [3.8, 4) is 5.75 Å². The van der Waals surface area contributed by atoms with E-state index in [9.17, 15) is 24.5 Å². The first-order valence-corrected chi connectivity index (χ1v) is 9.27. The van der Waals surface area contributed by atoms with Crippen molar-refractivity contribution in [3.63, 3.8) is 0 Å². The van der Waals surface area contributed by atoms with Gasteiger partial charge in [-0.2, -0.15) is 0 Å². The predicted octanol–water partition coefficient (Wildman–Crippen LogP) is 1.81. The van der Waals surface area contributed by atoms with E-state index in [1.54, 1.807) is 24.3 Å². The maximum atomic E-state index is 12.4. The zero-order chi connectivity index (χ0) is 21.7. The van der Waals surface area contributed by atoms with E-state index in [0.29, 0.717) is 18.0 Å². The molecule has 1 heterocycles. The third kappa shape index (κ3) is 4.72. The normalized spacial score (nSPS) is 15.6. The third-order valence-electron chi connectivity index (χ3n) is 4.57. The van der Waals surface area contributed by atoms with Crippen LogP contribution in [0, 0.1) is 16.0 Å². The van der Waals surface area contributed by atoms with Crippen molar-refractivity contribution in [2.24, 2.45) is 5.92 Å². The Morgan fingerprint density at radius 1 is 1.20 bits per heavy atom. The molecule has 1 saturated heterocycles. The SMILES string of the molecule is CCOc1ccc(N2C[C@@H](C(=O)NNC(=O)c3cccc([N+](=O)[O-])c3)CC2=O)cc1. The minimum Gasteiger partial charge on any atom is -0.494 e. The topological polar surface area (TPSA) is 131 Å². The largest absolute Gasteiger partial charge is 0.494 e. The van der Waals surface area contributed by atoms with Crippen LogP contribution in [0.2, 0.25) is 0 Å². The van der Waals surface area contributed by atoms with E-state index >= 15 is 0 Å². The van der Waals surface area contributed by atoms with Gasteiger partial charge in [0.05, 0.1) is 17.4 Å². The number of nitrogens with one attached hydrogen (secondary N) is 2. The highest BCUT2D eigenvalue weighted by atomic mass is 16.6. The Morgan fingerprint density at radius 3 is 2.60 bits per heavy atom. The van der Waals surface area contributed by atoms with Crippen LogP contribution in [-0.2, 0) is 9.59 Å². The Hall–Kier alpha value is -3.95. The molecular formula is C20H20N4O6. The molecule has 2 aromatic rings. The number of nitrogens with zero attached hydrogens (tertiary/aromatic N) is 2. The van der Waals surface area contributed by atoms with Crippen LogP contribution in [0.4, 0.5) is 11.4 Å². The van der Waals surface area contributed by atoms with Crippen LogP contribution in [0.1, 0.15) is 23.7 Å². The second-order valence-corrected chi connectivity index (χ2v) is 6.58. The predicted molar refractivity (Wildman–Crippen MR) is 107 cm³/mol. The van der Waals surface area contributed by atoms with Crippen LogP contribution in [-0.4, -0.2) is 35.8 Å². The number of hydrazine groups is 1. The molecule has 0 unspecified atom stereocenters. The number of carbonyl (C=O) groups excluding carboxylic acids is 3. The van der Waals surface area contributed by atoms with Crippen molar-refractivity contribution in [1.82, 2.24) is 10.9 Å². The fourth-order valence-electron chi connectivity index (χ4n) is 3.08. The number of hydrogen-bond donors (Lipinski definition) is 2. The van der Waals surface area contributed by atoms with Gasteiger partial charge < -0.3 is 9.64 Å². The highest BCUT2D eigenvalue weighted by Crippen LogP contribution is 2.27. The van der Waals surface area contributed by atoms with Gasteiger partial charge >= 0.3 is 0 Å². The molecule has 30 heavy (non-hydrogen) atoms. The minimum absolute atomic E-state index is 0.00568. The number of ether oxygens (including phenoxy) is 1. The van der Waals surface area contributed by atoms with Crippen LogP contribution in [0.15, 0.2) is 48.5 Å². The van der Waals surface area contributed by atoms with Gasteiger partial charge in [-0.25, -0.2) is 0 Å². The second kappa shape index (κ2) is 9.03. The molecule has 1 atom stereocenters. The average molecular weight is 412 g/mol. The lowest BCUT2D eigenvalue weighted by atomic mass is 10.1. The lowest BCUT2D eigenvalue weighted by Gasteiger charge is -2.17. The Bertz CT molecular complexity index is 976. The van der Waals surface area contributed by atoms with Crippen LogP contribution < -0.4 is 20.5 Å². The fourth-order valence-corrected chi connectivity index (χ4v) is 3.08. The van der Waals surface area contributed by atoms with Crippen LogP contribution >= 0.6 is 0 Å². The molecule has 2 aromatic carbocycles. The number of amides is 3. The lowest BCUT2D eigenvalue weighted by Crippen LogP contribution is -2.45. The monoisotopic (exact) mass is 412 g/mol. The Labute approximate surface area is 171 Å². The Balaban J connectivity index is 1.57. The summed E-state index contributed by atoms with van der Waals surface area (Å²) in [5, 5.41) is 10.8. The highest BCUT2D eigenvalue weighted by Gasteiger charge is 2.35. The first-order chi connectivity index (χ1) is 14.4. The molecule has 0 saturated carbocycles. The molecule has 0 aliphatic carbocycles. The average Bonchev–Trinajstić information content (AvgIpc) is 3.14. The van der Waals surface area contributed by atoms with Gasteiger partial charge in [-0.3, -0.25) is 35.3 Å². The van der Waals surface area contributed by atoms with Gasteiger partial charge in [0, 0.05) is 36.3 Å². The van der Waals surface area contributed by atoms with Crippen LogP contribution in [0.3, 0.4) is 0 Å². The Kier molecular flexibility index (Phi) is 6.26. The van der Waals surface area contributed by atoms with E-state index in [-0.39, 0.29) is 30.1 Å². The summed E-state index contributed by atoms with van der Waals surface area (Å²) in [5.74, 6) is -1.37. The molecule has 2 N–H and O–H groups in total. The summed E-state index contributed by atoms with van der Waals surface area (Å²) in [6.07, 6.45) is 0.00568. The van der Waals surface area contributed by atoms with Gasteiger partial charge in [-0.05, 0) is 37.3 Å². The number of carbonyl (C=O) groups is 3. The second-order valence-electron chi connectivity index (χ2n) is 6.58. The quantitative estimate of drug-likeness (QED) is 0.550. The van der Waals surface area contributed by atoms with Gasteiger partial charge in [0.15, 0.2) is 0 Å². The van der Waals surface area contributed by atoms with Crippen molar-refractivity contribution >= 4 is 29.1 Å². The molecule has 3 rings (SSSR count). The number of anilines is 1. The number of benzene rings is 2. The van der Waals surface area contributed by atoms with Crippen LogP contribution in [0.25, 0.3) is 0 Å². The third-order valence-corrected chi connectivity index (χ3v) is 4.57. The summed E-state index contributed by atoms with van der Waals surface area (Å²) in [5.41, 5.74) is 4.96. The number of nitro benzene ring substituents is 1.